The normalized spacial score (nSPS) is 28.4. The van der Waals surface area contributed by atoms with Crippen molar-refractivity contribution in [3.8, 4) is 0 Å². The van der Waals surface area contributed by atoms with Gasteiger partial charge in [0.1, 0.15) is 0 Å². The largest absolute Gasteiger partial charge is 0.343 e. The second-order valence-electron chi connectivity index (χ2n) is 2.08. The topological polar surface area (TPSA) is 98.5 Å². The first-order valence-corrected chi connectivity index (χ1v) is 2.76. The lowest BCUT2D eigenvalue weighted by Gasteiger charge is -2.39. The molecular weight excluding hydrogens is 138 g/mol. The molecule has 1 rings (SSSR count). The van der Waals surface area contributed by atoms with E-state index < -0.39 is 11.9 Å². The minimum atomic E-state index is -2.08. The average molecular weight is 145 g/mol. The molecule has 1 saturated heterocycles. The third kappa shape index (κ3) is 1.19. The fraction of sp³-hybridized carbons (Fsp3) is 1.00. The summed E-state index contributed by atoms with van der Waals surface area (Å²) >= 11 is 0. The Morgan fingerprint density at radius 3 is 2.80 bits per heavy atom. The maximum absolute atomic E-state index is 8.75. The van der Waals surface area contributed by atoms with Crippen LogP contribution in [0.1, 0.15) is 0 Å². The van der Waals surface area contributed by atoms with Gasteiger partial charge in [0.2, 0.25) is 0 Å². The van der Waals surface area contributed by atoms with Gasteiger partial charge in [0, 0.05) is 11.5 Å². The smallest absolute Gasteiger partial charge is 0.283 e. The number of hydrogen-bond acceptors (Lipinski definition) is 4. The van der Waals surface area contributed by atoms with Crippen molar-refractivity contribution in [3.63, 3.8) is 0 Å². The molecule has 6 heteroatoms. The highest BCUT2D eigenvalue weighted by Crippen LogP contribution is 2.27. The Balaban J connectivity index is 2.37. The van der Waals surface area contributed by atoms with Crippen molar-refractivity contribution in [2.24, 2.45) is 11.0 Å². The number of aliphatic hydroxyl groups is 2. The van der Waals surface area contributed by atoms with Gasteiger partial charge < -0.3 is 14.9 Å². The lowest BCUT2D eigenvalue weighted by atomic mass is 10.0. The zero-order valence-electron chi connectivity index (χ0n) is 5.14. The maximum atomic E-state index is 8.75. The Labute approximate surface area is 56.7 Å². The standard InChI is InChI=1S/C4H7N3O3/c5-7-6-1-3-2-10-4(3,8)9/h3,8-9H,1-2H2. The van der Waals surface area contributed by atoms with Gasteiger partial charge in [0.15, 0.2) is 0 Å². The van der Waals surface area contributed by atoms with E-state index >= 15 is 0 Å². The molecule has 1 unspecified atom stereocenters. The molecule has 0 spiro atoms. The summed E-state index contributed by atoms with van der Waals surface area (Å²) in [5.74, 6) is -2.56. The van der Waals surface area contributed by atoms with Gasteiger partial charge in [-0.15, -0.1) is 0 Å². The molecule has 0 aromatic rings. The highest BCUT2D eigenvalue weighted by Gasteiger charge is 2.45. The zero-order valence-corrected chi connectivity index (χ0v) is 5.14. The molecule has 0 saturated carbocycles. The predicted molar refractivity (Wildman–Crippen MR) is 30.6 cm³/mol. The quantitative estimate of drug-likeness (QED) is 0.239. The first kappa shape index (κ1) is 7.30. The van der Waals surface area contributed by atoms with Gasteiger partial charge in [-0.25, -0.2) is 0 Å². The van der Waals surface area contributed by atoms with Crippen molar-refractivity contribution >= 4 is 0 Å². The van der Waals surface area contributed by atoms with Crippen LogP contribution in [0.4, 0.5) is 0 Å². The molecule has 0 amide bonds. The summed E-state index contributed by atoms with van der Waals surface area (Å²) in [6.45, 7) is 0.287. The Kier molecular flexibility index (Phi) is 1.78. The minimum Gasteiger partial charge on any atom is -0.343 e. The third-order valence-electron chi connectivity index (χ3n) is 1.39. The van der Waals surface area contributed by atoms with Gasteiger partial charge in [0.05, 0.1) is 12.5 Å². The van der Waals surface area contributed by atoms with Gasteiger partial charge in [-0.1, -0.05) is 5.11 Å². The van der Waals surface area contributed by atoms with E-state index in [1.165, 1.54) is 0 Å². The van der Waals surface area contributed by atoms with E-state index in [0.717, 1.165) is 0 Å². The van der Waals surface area contributed by atoms with Crippen molar-refractivity contribution in [2.75, 3.05) is 13.2 Å². The van der Waals surface area contributed by atoms with Crippen LogP contribution in [-0.2, 0) is 4.74 Å². The number of rotatable bonds is 2. The zero-order chi connectivity index (χ0) is 7.61. The average Bonchev–Trinajstić information content (AvgIpc) is 1.87. The summed E-state index contributed by atoms with van der Waals surface area (Å²) in [7, 11) is 0. The van der Waals surface area contributed by atoms with E-state index in [2.05, 4.69) is 14.8 Å². The number of hydrogen-bond donors (Lipinski definition) is 2. The molecule has 1 atom stereocenters. The Hall–Kier alpha value is -0.810. The van der Waals surface area contributed by atoms with Crippen LogP contribution in [-0.4, -0.2) is 29.3 Å². The molecule has 1 aliphatic rings. The lowest BCUT2D eigenvalue weighted by Crippen LogP contribution is -2.54. The lowest BCUT2D eigenvalue weighted by molar-refractivity contribution is -0.434. The minimum absolute atomic E-state index is 0.0590. The van der Waals surface area contributed by atoms with Gasteiger partial charge in [-0.05, 0) is 5.53 Å². The Morgan fingerprint density at radius 2 is 2.50 bits per heavy atom. The van der Waals surface area contributed by atoms with Gasteiger partial charge in [0.25, 0.3) is 5.97 Å². The summed E-state index contributed by atoms with van der Waals surface area (Å²) in [4.78, 5) is 2.47. The van der Waals surface area contributed by atoms with Gasteiger partial charge in [-0.2, -0.15) is 0 Å². The highest BCUT2D eigenvalue weighted by atomic mass is 16.8. The molecule has 1 fully saturated rings. The molecule has 10 heavy (non-hydrogen) atoms. The van der Waals surface area contributed by atoms with Crippen LogP contribution in [0.3, 0.4) is 0 Å². The summed E-state index contributed by atoms with van der Waals surface area (Å²) in [5, 5.41) is 20.7. The van der Waals surface area contributed by atoms with Crippen LogP contribution >= 0.6 is 0 Å². The number of nitrogens with zero attached hydrogens (tertiary/aromatic N) is 3. The molecule has 1 heterocycles. The Morgan fingerprint density at radius 1 is 1.80 bits per heavy atom. The van der Waals surface area contributed by atoms with Crippen molar-refractivity contribution in [1.29, 1.82) is 0 Å². The molecule has 0 bridgehead atoms. The van der Waals surface area contributed by atoms with Gasteiger partial charge >= 0.3 is 0 Å². The first-order valence-electron chi connectivity index (χ1n) is 2.76. The molecule has 0 radical (unpaired) electrons. The molecule has 6 nitrogen and oxygen atoms in total. The molecule has 0 aromatic carbocycles. The van der Waals surface area contributed by atoms with Crippen molar-refractivity contribution in [1.82, 2.24) is 0 Å². The van der Waals surface area contributed by atoms with Gasteiger partial charge in [-0.3, -0.25) is 0 Å². The molecular formula is C4H7N3O3. The fourth-order valence-electron chi connectivity index (χ4n) is 0.657. The van der Waals surface area contributed by atoms with E-state index in [1.807, 2.05) is 0 Å². The highest BCUT2D eigenvalue weighted by molar-refractivity contribution is 4.78. The van der Waals surface area contributed by atoms with Crippen molar-refractivity contribution in [2.45, 2.75) is 5.97 Å². The summed E-state index contributed by atoms with van der Waals surface area (Å²) in [6.07, 6.45) is 0. The molecule has 0 aromatic heterocycles. The molecule has 56 valence electrons. The van der Waals surface area contributed by atoms with E-state index in [9.17, 15) is 0 Å². The first-order chi connectivity index (χ1) is 4.67. The van der Waals surface area contributed by atoms with Crippen LogP contribution in [0, 0.1) is 5.92 Å². The molecule has 1 aliphatic heterocycles. The maximum Gasteiger partial charge on any atom is 0.283 e. The van der Waals surface area contributed by atoms with E-state index in [0.29, 0.717) is 0 Å². The second-order valence-corrected chi connectivity index (χ2v) is 2.08. The predicted octanol–water partition coefficient (Wildman–Crippen LogP) is -0.419. The van der Waals surface area contributed by atoms with Crippen LogP contribution in [0.2, 0.25) is 0 Å². The second kappa shape index (κ2) is 2.43. The van der Waals surface area contributed by atoms with E-state index in [-0.39, 0.29) is 13.2 Å². The number of ether oxygens (including phenoxy) is 1. The summed E-state index contributed by atoms with van der Waals surface area (Å²) in [5.41, 5.74) is 7.86. The van der Waals surface area contributed by atoms with Crippen LogP contribution in [0.15, 0.2) is 5.11 Å². The summed E-state index contributed by atoms with van der Waals surface area (Å²) < 4.78 is 4.36. The summed E-state index contributed by atoms with van der Waals surface area (Å²) in [6, 6.07) is 0. The van der Waals surface area contributed by atoms with Crippen LogP contribution in [0.25, 0.3) is 10.4 Å². The van der Waals surface area contributed by atoms with E-state index in [1.54, 1.807) is 0 Å². The SMILES string of the molecule is [N-]=[N+]=NCC1COC1(O)O. The monoisotopic (exact) mass is 145 g/mol. The molecule has 2 N–H and O–H groups in total. The van der Waals surface area contributed by atoms with Crippen LogP contribution in [0.5, 0.6) is 0 Å². The molecule has 0 aliphatic carbocycles. The van der Waals surface area contributed by atoms with Crippen molar-refractivity contribution < 1.29 is 14.9 Å². The van der Waals surface area contributed by atoms with E-state index in [4.69, 9.17) is 15.7 Å². The van der Waals surface area contributed by atoms with Crippen LogP contribution < -0.4 is 0 Å². The fourth-order valence-corrected chi connectivity index (χ4v) is 0.657. The Bertz CT molecular complexity index is 175. The number of azide groups is 1. The van der Waals surface area contributed by atoms with Crippen molar-refractivity contribution in [3.05, 3.63) is 10.4 Å². The third-order valence-corrected chi connectivity index (χ3v) is 1.39.